The molecule has 2 N–H and O–H groups in total. The van der Waals surface area contributed by atoms with Crippen molar-refractivity contribution in [1.82, 2.24) is 15.0 Å². The Morgan fingerprint density at radius 3 is 2.61 bits per heavy atom. The van der Waals surface area contributed by atoms with Crippen molar-refractivity contribution in [1.29, 1.82) is 0 Å². The first-order valence-corrected chi connectivity index (χ1v) is 6.90. The van der Waals surface area contributed by atoms with Gasteiger partial charge in [-0.2, -0.15) is 0 Å². The van der Waals surface area contributed by atoms with E-state index in [2.05, 4.69) is 15.0 Å². The van der Waals surface area contributed by atoms with Gasteiger partial charge in [-0.05, 0) is 32.0 Å². The van der Waals surface area contributed by atoms with Gasteiger partial charge in [-0.25, -0.2) is 17.5 Å². The van der Waals surface area contributed by atoms with Crippen LogP contribution in [0.4, 0.5) is 4.39 Å². The minimum absolute atomic E-state index is 0. The molecule has 1 saturated heterocycles. The lowest BCUT2D eigenvalue weighted by molar-refractivity contribution is 0.427. The highest BCUT2D eigenvalue weighted by atomic mass is 35.5. The summed E-state index contributed by atoms with van der Waals surface area (Å²) in [5.74, 6) is -0.654. The quantitative estimate of drug-likeness (QED) is 0.860. The monoisotopic (exact) mass is 295 g/mol. The Balaban J connectivity index is 0.00000162. The van der Waals surface area contributed by atoms with Gasteiger partial charge in [0.2, 0.25) is 10.0 Å². The van der Waals surface area contributed by atoms with Crippen molar-refractivity contribution in [3.8, 4) is 0 Å². The summed E-state index contributed by atoms with van der Waals surface area (Å²) in [5.41, 5.74) is 0. The molecule has 1 aromatic rings. The van der Waals surface area contributed by atoms with Gasteiger partial charge in [0.05, 0.1) is 6.20 Å². The second-order valence-corrected chi connectivity index (χ2v) is 5.70. The normalized spacial score (nSPS) is 17.2. The molecule has 0 saturated carbocycles. The summed E-state index contributed by atoms with van der Waals surface area (Å²) in [5, 5.41) is 3.14. The van der Waals surface area contributed by atoms with Gasteiger partial charge in [0.1, 0.15) is 10.7 Å². The first-order valence-electron chi connectivity index (χ1n) is 5.41. The lowest BCUT2D eigenvalue weighted by Gasteiger charge is -2.23. The van der Waals surface area contributed by atoms with Gasteiger partial charge < -0.3 is 5.32 Å². The van der Waals surface area contributed by atoms with Crippen LogP contribution >= 0.6 is 12.4 Å². The molecule has 1 aliphatic rings. The fraction of sp³-hybridized carbons (Fsp3) is 0.500. The molecule has 2 rings (SSSR count). The van der Waals surface area contributed by atoms with Crippen molar-refractivity contribution in [3.63, 3.8) is 0 Å². The number of aromatic nitrogens is 1. The summed E-state index contributed by atoms with van der Waals surface area (Å²) in [4.78, 5) is 3.41. The van der Waals surface area contributed by atoms with E-state index in [1.165, 1.54) is 0 Å². The summed E-state index contributed by atoms with van der Waals surface area (Å²) < 4.78 is 39.3. The van der Waals surface area contributed by atoms with E-state index in [4.69, 9.17) is 0 Å². The van der Waals surface area contributed by atoms with E-state index in [1.54, 1.807) is 0 Å². The van der Waals surface area contributed by atoms with E-state index in [0.29, 0.717) is 0 Å². The van der Waals surface area contributed by atoms with Gasteiger partial charge in [-0.3, -0.25) is 4.98 Å². The van der Waals surface area contributed by atoms with Gasteiger partial charge in [-0.15, -0.1) is 12.4 Å². The topological polar surface area (TPSA) is 71.1 Å². The molecule has 5 nitrogen and oxygen atoms in total. The number of nitrogens with zero attached hydrogens (tertiary/aromatic N) is 1. The van der Waals surface area contributed by atoms with E-state index >= 15 is 0 Å². The molecule has 18 heavy (non-hydrogen) atoms. The lowest BCUT2D eigenvalue weighted by atomic mass is 10.1. The van der Waals surface area contributed by atoms with Gasteiger partial charge in [0, 0.05) is 12.2 Å². The van der Waals surface area contributed by atoms with E-state index in [-0.39, 0.29) is 23.3 Å². The van der Waals surface area contributed by atoms with E-state index in [1.807, 2.05) is 0 Å². The second-order valence-electron chi connectivity index (χ2n) is 3.98. The van der Waals surface area contributed by atoms with E-state index in [9.17, 15) is 12.8 Å². The maximum atomic E-state index is 12.9. The number of hydrogen-bond donors (Lipinski definition) is 2. The average Bonchev–Trinajstić information content (AvgIpc) is 2.30. The summed E-state index contributed by atoms with van der Waals surface area (Å²) >= 11 is 0. The van der Waals surface area contributed by atoms with Crippen LogP contribution in [-0.4, -0.2) is 32.5 Å². The molecule has 2 heterocycles. The van der Waals surface area contributed by atoms with Crippen molar-refractivity contribution in [3.05, 3.63) is 24.3 Å². The van der Waals surface area contributed by atoms with Gasteiger partial charge in [-0.1, -0.05) is 0 Å². The fourth-order valence-corrected chi connectivity index (χ4v) is 3.04. The van der Waals surface area contributed by atoms with Crippen LogP contribution in [0.5, 0.6) is 0 Å². The number of sulfonamides is 1. The van der Waals surface area contributed by atoms with Crippen LogP contribution in [-0.2, 0) is 10.0 Å². The zero-order valence-corrected chi connectivity index (χ0v) is 11.2. The Kier molecular flexibility index (Phi) is 5.46. The highest BCUT2D eigenvalue weighted by Crippen LogP contribution is 2.12. The zero-order valence-electron chi connectivity index (χ0n) is 9.60. The molecule has 0 atom stereocenters. The third-order valence-electron chi connectivity index (χ3n) is 2.65. The van der Waals surface area contributed by atoms with Crippen molar-refractivity contribution in [2.45, 2.75) is 23.8 Å². The standard InChI is InChI=1S/C10H14FN3O2S.ClH/c11-8-5-10(7-13-6-8)17(15,16)14-9-1-3-12-4-2-9;/h5-7,9,12,14H,1-4H2;1H. The third-order valence-corrected chi connectivity index (χ3v) is 4.14. The number of rotatable bonds is 3. The minimum atomic E-state index is -3.66. The highest BCUT2D eigenvalue weighted by molar-refractivity contribution is 7.89. The first kappa shape index (κ1) is 15.3. The van der Waals surface area contributed by atoms with Crippen LogP contribution in [0.2, 0.25) is 0 Å². The van der Waals surface area contributed by atoms with Gasteiger partial charge >= 0.3 is 0 Å². The number of piperidine rings is 1. The highest BCUT2D eigenvalue weighted by Gasteiger charge is 2.22. The van der Waals surface area contributed by atoms with Crippen LogP contribution in [0.1, 0.15) is 12.8 Å². The van der Waals surface area contributed by atoms with Crippen molar-refractivity contribution < 1.29 is 12.8 Å². The fourth-order valence-electron chi connectivity index (χ4n) is 1.77. The lowest BCUT2D eigenvalue weighted by Crippen LogP contribution is -2.42. The number of halogens is 2. The summed E-state index contributed by atoms with van der Waals surface area (Å²) in [7, 11) is -3.66. The second kappa shape index (κ2) is 6.42. The van der Waals surface area contributed by atoms with Crippen LogP contribution in [0.25, 0.3) is 0 Å². The molecular weight excluding hydrogens is 281 g/mol. The molecule has 0 aromatic carbocycles. The molecule has 8 heteroatoms. The van der Waals surface area contributed by atoms with E-state index in [0.717, 1.165) is 44.4 Å². The Morgan fingerprint density at radius 1 is 1.33 bits per heavy atom. The summed E-state index contributed by atoms with van der Waals surface area (Å²) in [6.07, 6.45) is 3.60. The number of nitrogens with one attached hydrogen (secondary N) is 2. The average molecular weight is 296 g/mol. The van der Waals surface area contributed by atoms with Gasteiger partial charge in [0.25, 0.3) is 0 Å². The Labute approximate surface area is 112 Å². The predicted molar refractivity (Wildman–Crippen MR) is 67.7 cm³/mol. The molecule has 0 spiro atoms. The Morgan fingerprint density at radius 2 is 2.00 bits per heavy atom. The molecule has 0 unspecified atom stereocenters. The molecule has 0 bridgehead atoms. The van der Waals surface area contributed by atoms with Crippen molar-refractivity contribution in [2.24, 2.45) is 0 Å². The largest absolute Gasteiger partial charge is 0.317 e. The van der Waals surface area contributed by atoms with Crippen LogP contribution < -0.4 is 10.0 Å². The minimum Gasteiger partial charge on any atom is -0.317 e. The van der Waals surface area contributed by atoms with Crippen LogP contribution in [0, 0.1) is 5.82 Å². The molecule has 0 aliphatic carbocycles. The smallest absolute Gasteiger partial charge is 0.242 e. The molecular formula is C10H15ClFN3O2S. The molecule has 1 fully saturated rings. The van der Waals surface area contributed by atoms with Crippen LogP contribution in [0.15, 0.2) is 23.4 Å². The summed E-state index contributed by atoms with van der Waals surface area (Å²) in [6, 6.07) is 0.876. The summed E-state index contributed by atoms with van der Waals surface area (Å²) in [6.45, 7) is 1.57. The third kappa shape index (κ3) is 3.88. The SMILES string of the molecule is Cl.O=S(=O)(NC1CCNCC1)c1cncc(F)c1. The maximum absolute atomic E-state index is 12.9. The molecule has 1 aliphatic heterocycles. The van der Waals surface area contributed by atoms with Crippen molar-refractivity contribution >= 4 is 22.4 Å². The molecule has 0 amide bonds. The molecule has 102 valence electrons. The number of hydrogen-bond acceptors (Lipinski definition) is 4. The Bertz CT molecular complexity index is 492. The van der Waals surface area contributed by atoms with Crippen LogP contribution in [0.3, 0.4) is 0 Å². The van der Waals surface area contributed by atoms with E-state index < -0.39 is 15.8 Å². The maximum Gasteiger partial charge on any atom is 0.242 e. The molecule has 0 radical (unpaired) electrons. The first-order chi connectivity index (χ1) is 8.08. The van der Waals surface area contributed by atoms with Crippen molar-refractivity contribution in [2.75, 3.05) is 13.1 Å². The Hall–Kier alpha value is -0.760. The number of pyridine rings is 1. The zero-order chi connectivity index (χ0) is 12.3. The van der Waals surface area contributed by atoms with Gasteiger partial charge in [0.15, 0.2) is 0 Å². The molecule has 1 aromatic heterocycles. The predicted octanol–water partition coefficient (Wildman–Crippen LogP) is 0.673.